The number of ether oxygens (including phenoxy) is 1. The van der Waals surface area contributed by atoms with Crippen LogP contribution in [-0.2, 0) is 11.3 Å². The molecule has 1 rings (SSSR count). The SMILES string of the molecule is CCCNCc1nnc(NCCCOCCC)o1. The predicted octanol–water partition coefficient (Wildman–Crippen LogP) is 1.80. The first kappa shape index (κ1) is 14.9. The van der Waals surface area contributed by atoms with Crippen LogP contribution < -0.4 is 10.6 Å². The minimum atomic E-state index is 0.485. The molecule has 0 saturated carbocycles. The van der Waals surface area contributed by atoms with Crippen molar-refractivity contribution in [3.05, 3.63) is 5.89 Å². The Morgan fingerprint density at radius 2 is 2.00 bits per heavy atom. The van der Waals surface area contributed by atoms with Crippen LogP contribution in [0.2, 0.25) is 0 Å². The van der Waals surface area contributed by atoms with E-state index in [1.54, 1.807) is 0 Å². The molecule has 0 amide bonds. The molecular formula is C12H24N4O2. The Morgan fingerprint density at radius 1 is 1.11 bits per heavy atom. The zero-order valence-corrected chi connectivity index (χ0v) is 11.4. The Kier molecular flexibility index (Phi) is 8.16. The molecule has 1 aromatic heterocycles. The summed E-state index contributed by atoms with van der Waals surface area (Å²) < 4.78 is 10.8. The molecule has 1 heterocycles. The minimum absolute atomic E-state index is 0.485. The quantitative estimate of drug-likeness (QED) is 0.588. The number of nitrogens with one attached hydrogen (secondary N) is 2. The van der Waals surface area contributed by atoms with Gasteiger partial charge >= 0.3 is 6.01 Å². The number of anilines is 1. The van der Waals surface area contributed by atoms with E-state index in [4.69, 9.17) is 9.15 Å². The monoisotopic (exact) mass is 256 g/mol. The zero-order chi connectivity index (χ0) is 13.1. The molecule has 0 aromatic carbocycles. The number of hydrogen-bond donors (Lipinski definition) is 2. The highest BCUT2D eigenvalue weighted by Gasteiger charge is 2.04. The van der Waals surface area contributed by atoms with Crippen LogP contribution in [-0.4, -0.2) is 36.5 Å². The molecule has 0 aliphatic rings. The van der Waals surface area contributed by atoms with E-state index in [0.29, 0.717) is 18.5 Å². The summed E-state index contributed by atoms with van der Waals surface area (Å²) in [6.07, 6.45) is 3.09. The van der Waals surface area contributed by atoms with Gasteiger partial charge in [-0.05, 0) is 25.8 Å². The normalized spacial score (nSPS) is 10.8. The van der Waals surface area contributed by atoms with Gasteiger partial charge in [0.25, 0.3) is 0 Å². The summed E-state index contributed by atoms with van der Waals surface area (Å²) in [5, 5.41) is 14.2. The number of aromatic nitrogens is 2. The number of hydrogen-bond acceptors (Lipinski definition) is 6. The molecule has 0 atom stereocenters. The second-order valence-electron chi connectivity index (χ2n) is 4.07. The summed E-state index contributed by atoms with van der Waals surface area (Å²) in [4.78, 5) is 0. The highest BCUT2D eigenvalue weighted by atomic mass is 16.5. The van der Waals surface area contributed by atoms with Crippen LogP contribution in [0.5, 0.6) is 0 Å². The van der Waals surface area contributed by atoms with Crippen molar-refractivity contribution in [2.24, 2.45) is 0 Å². The van der Waals surface area contributed by atoms with Crippen LogP contribution >= 0.6 is 0 Å². The number of rotatable bonds is 11. The molecule has 0 aliphatic carbocycles. The Hall–Kier alpha value is -1.14. The molecule has 0 saturated heterocycles. The first-order chi connectivity index (χ1) is 8.86. The fourth-order valence-electron chi connectivity index (χ4n) is 1.38. The van der Waals surface area contributed by atoms with Gasteiger partial charge in [-0.1, -0.05) is 18.9 Å². The fourth-order valence-corrected chi connectivity index (χ4v) is 1.38. The van der Waals surface area contributed by atoms with Crippen molar-refractivity contribution in [3.63, 3.8) is 0 Å². The second-order valence-corrected chi connectivity index (χ2v) is 4.07. The molecule has 1 aromatic rings. The summed E-state index contributed by atoms with van der Waals surface area (Å²) in [7, 11) is 0. The Labute approximate surface area is 108 Å². The van der Waals surface area contributed by atoms with Crippen LogP contribution in [0.15, 0.2) is 4.42 Å². The third-order valence-electron chi connectivity index (χ3n) is 2.26. The standard InChI is InChI=1S/C12H24N4O2/c1-3-6-13-10-11-15-16-12(18-11)14-7-5-9-17-8-4-2/h13H,3-10H2,1-2H3,(H,14,16). The average Bonchev–Trinajstić information content (AvgIpc) is 2.82. The largest absolute Gasteiger partial charge is 0.407 e. The van der Waals surface area contributed by atoms with Gasteiger partial charge in [0, 0.05) is 19.8 Å². The van der Waals surface area contributed by atoms with Gasteiger partial charge < -0.3 is 19.8 Å². The molecule has 6 heteroatoms. The van der Waals surface area contributed by atoms with Crippen LogP contribution in [0.3, 0.4) is 0 Å². The van der Waals surface area contributed by atoms with E-state index in [9.17, 15) is 0 Å². The molecule has 18 heavy (non-hydrogen) atoms. The lowest BCUT2D eigenvalue weighted by Crippen LogP contribution is -2.13. The van der Waals surface area contributed by atoms with E-state index in [1.807, 2.05) is 0 Å². The lowest BCUT2D eigenvalue weighted by atomic mass is 10.4. The van der Waals surface area contributed by atoms with Gasteiger partial charge in [0.2, 0.25) is 5.89 Å². The van der Waals surface area contributed by atoms with Crippen LogP contribution in [0.1, 0.15) is 39.0 Å². The highest BCUT2D eigenvalue weighted by molar-refractivity contribution is 5.16. The Morgan fingerprint density at radius 3 is 2.78 bits per heavy atom. The van der Waals surface area contributed by atoms with Crippen LogP contribution in [0.25, 0.3) is 0 Å². The molecule has 2 N–H and O–H groups in total. The average molecular weight is 256 g/mol. The van der Waals surface area contributed by atoms with Crippen molar-refractivity contribution in [2.75, 3.05) is 31.6 Å². The number of nitrogens with zero attached hydrogens (tertiary/aromatic N) is 2. The van der Waals surface area contributed by atoms with Crippen molar-refractivity contribution in [3.8, 4) is 0 Å². The molecule has 0 unspecified atom stereocenters. The third kappa shape index (κ3) is 6.56. The highest BCUT2D eigenvalue weighted by Crippen LogP contribution is 2.04. The van der Waals surface area contributed by atoms with Gasteiger partial charge in [-0.15, -0.1) is 5.10 Å². The summed E-state index contributed by atoms with van der Waals surface area (Å²) in [5.74, 6) is 0.619. The van der Waals surface area contributed by atoms with Gasteiger partial charge in [0.05, 0.1) is 6.54 Å². The molecule has 0 fully saturated rings. The summed E-state index contributed by atoms with van der Waals surface area (Å²) in [6.45, 7) is 8.18. The minimum Gasteiger partial charge on any atom is -0.407 e. The van der Waals surface area contributed by atoms with Crippen molar-refractivity contribution in [1.29, 1.82) is 0 Å². The van der Waals surface area contributed by atoms with E-state index in [1.165, 1.54) is 0 Å². The Balaban J connectivity index is 2.07. The van der Waals surface area contributed by atoms with Crippen LogP contribution in [0, 0.1) is 0 Å². The van der Waals surface area contributed by atoms with E-state index in [2.05, 4.69) is 34.7 Å². The van der Waals surface area contributed by atoms with Gasteiger partial charge in [-0.3, -0.25) is 0 Å². The van der Waals surface area contributed by atoms with Crippen molar-refractivity contribution < 1.29 is 9.15 Å². The molecule has 0 spiro atoms. The summed E-state index contributed by atoms with van der Waals surface area (Å²) in [6, 6.07) is 0.485. The smallest absolute Gasteiger partial charge is 0.315 e. The first-order valence-electron chi connectivity index (χ1n) is 6.71. The van der Waals surface area contributed by atoms with Gasteiger partial charge in [-0.25, -0.2) is 0 Å². The predicted molar refractivity (Wildman–Crippen MR) is 70.5 cm³/mol. The van der Waals surface area contributed by atoms with E-state index in [0.717, 1.165) is 45.6 Å². The third-order valence-corrected chi connectivity index (χ3v) is 2.26. The topological polar surface area (TPSA) is 72.2 Å². The van der Waals surface area contributed by atoms with E-state index < -0.39 is 0 Å². The maximum Gasteiger partial charge on any atom is 0.315 e. The second kappa shape index (κ2) is 9.85. The molecule has 0 aliphatic heterocycles. The summed E-state index contributed by atoms with van der Waals surface area (Å²) >= 11 is 0. The maximum atomic E-state index is 5.42. The summed E-state index contributed by atoms with van der Waals surface area (Å²) in [5.41, 5.74) is 0. The molecule has 6 nitrogen and oxygen atoms in total. The van der Waals surface area contributed by atoms with Crippen molar-refractivity contribution in [2.45, 2.75) is 39.7 Å². The first-order valence-corrected chi connectivity index (χ1v) is 6.71. The molecule has 104 valence electrons. The van der Waals surface area contributed by atoms with Crippen molar-refractivity contribution >= 4 is 6.01 Å². The van der Waals surface area contributed by atoms with E-state index >= 15 is 0 Å². The fraction of sp³-hybridized carbons (Fsp3) is 0.833. The Bertz CT molecular complexity index is 304. The van der Waals surface area contributed by atoms with Crippen LogP contribution in [0.4, 0.5) is 6.01 Å². The van der Waals surface area contributed by atoms with Gasteiger partial charge in [0.15, 0.2) is 0 Å². The zero-order valence-electron chi connectivity index (χ0n) is 11.4. The lowest BCUT2D eigenvalue weighted by Gasteiger charge is -2.02. The molecule has 0 bridgehead atoms. The molecule has 0 radical (unpaired) electrons. The van der Waals surface area contributed by atoms with Gasteiger partial charge in [0.1, 0.15) is 0 Å². The van der Waals surface area contributed by atoms with Crippen molar-refractivity contribution in [1.82, 2.24) is 15.5 Å². The maximum absolute atomic E-state index is 5.42. The lowest BCUT2D eigenvalue weighted by molar-refractivity contribution is 0.134. The molecular weight excluding hydrogens is 232 g/mol. The van der Waals surface area contributed by atoms with Gasteiger partial charge in [-0.2, -0.15) is 0 Å². The van der Waals surface area contributed by atoms with E-state index in [-0.39, 0.29) is 0 Å².